The Hall–Kier alpha value is -2.95. The average molecular weight is 489 g/mol. The number of ether oxygens (including phenoxy) is 1. The Morgan fingerprint density at radius 3 is 2.24 bits per heavy atom. The minimum absolute atomic E-state index is 0.00425. The van der Waals surface area contributed by atoms with Crippen LogP contribution >= 0.6 is 0 Å². The van der Waals surface area contributed by atoms with E-state index in [1.807, 2.05) is 29.2 Å². The lowest BCUT2D eigenvalue weighted by atomic mass is 10.1. The van der Waals surface area contributed by atoms with Crippen LogP contribution in [0.4, 0.5) is 5.69 Å². The lowest BCUT2D eigenvalue weighted by Gasteiger charge is -2.34. The van der Waals surface area contributed by atoms with Crippen molar-refractivity contribution in [3.8, 4) is 5.75 Å². The summed E-state index contributed by atoms with van der Waals surface area (Å²) in [5.41, 5.74) is 2.15. The van der Waals surface area contributed by atoms with Gasteiger partial charge in [-0.2, -0.15) is 0 Å². The van der Waals surface area contributed by atoms with E-state index in [9.17, 15) is 18.0 Å². The summed E-state index contributed by atoms with van der Waals surface area (Å²) in [6.07, 6.45) is 0.927. The van der Waals surface area contributed by atoms with Gasteiger partial charge >= 0.3 is 0 Å². The normalized spacial score (nSPS) is 14.8. The highest BCUT2D eigenvalue weighted by Crippen LogP contribution is 2.28. The summed E-state index contributed by atoms with van der Waals surface area (Å²) in [5, 5.41) is 2.76. The number of carbonyl (C=O) groups is 2. The van der Waals surface area contributed by atoms with E-state index in [4.69, 9.17) is 4.74 Å². The molecule has 0 radical (unpaired) electrons. The van der Waals surface area contributed by atoms with Gasteiger partial charge in [-0.05, 0) is 42.3 Å². The molecule has 0 aromatic heterocycles. The maximum Gasteiger partial charge on any atom is 0.253 e. The predicted molar refractivity (Wildman–Crippen MR) is 131 cm³/mol. The molecule has 0 unspecified atom stereocenters. The van der Waals surface area contributed by atoms with Gasteiger partial charge in [-0.15, -0.1) is 0 Å². The summed E-state index contributed by atoms with van der Waals surface area (Å²) in [6.45, 7) is 4.39. The zero-order chi connectivity index (χ0) is 24.9. The Bertz CT molecular complexity index is 1120. The largest absolute Gasteiger partial charge is 0.495 e. The van der Waals surface area contributed by atoms with Gasteiger partial charge in [-0.25, -0.2) is 12.7 Å². The molecule has 1 aliphatic rings. The number of hydrogen-bond acceptors (Lipinski definition) is 6. The molecule has 34 heavy (non-hydrogen) atoms. The highest BCUT2D eigenvalue weighted by atomic mass is 32.2. The molecular formula is C24H32N4O5S. The molecule has 0 saturated carbocycles. The Morgan fingerprint density at radius 2 is 1.68 bits per heavy atom. The van der Waals surface area contributed by atoms with E-state index in [0.717, 1.165) is 10.7 Å². The number of amides is 2. The van der Waals surface area contributed by atoms with Crippen molar-refractivity contribution in [2.45, 2.75) is 18.2 Å². The fourth-order valence-corrected chi connectivity index (χ4v) is 4.65. The van der Waals surface area contributed by atoms with Crippen LogP contribution in [0.1, 0.15) is 22.8 Å². The van der Waals surface area contributed by atoms with Gasteiger partial charge in [0.15, 0.2) is 0 Å². The Labute approximate surface area is 201 Å². The van der Waals surface area contributed by atoms with Crippen molar-refractivity contribution in [2.24, 2.45) is 0 Å². The van der Waals surface area contributed by atoms with E-state index < -0.39 is 10.0 Å². The molecule has 3 rings (SSSR count). The summed E-state index contributed by atoms with van der Waals surface area (Å²) < 4.78 is 31.3. The molecule has 2 aromatic carbocycles. The van der Waals surface area contributed by atoms with Crippen molar-refractivity contribution in [2.75, 3.05) is 59.2 Å². The van der Waals surface area contributed by atoms with Crippen LogP contribution in [-0.4, -0.2) is 88.3 Å². The number of methoxy groups -OCH3 is 1. The molecule has 0 spiro atoms. The minimum atomic E-state index is -3.65. The van der Waals surface area contributed by atoms with E-state index in [1.54, 1.807) is 4.90 Å². The number of nitrogens with zero attached hydrogens (tertiary/aromatic N) is 3. The number of sulfonamides is 1. The smallest absolute Gasteiger partial charge is 0.253 e. The number of benzene rings is 2. The van der Waals surface area contributed by atoms with Crippen molar-refractivity contribution >= 4 is 27.5 Å². The van der Waals surface area contributed by atoms with Gasteiger partial charge in [0.25, 0.3) is 5.91 Å². The van der Waals surface area contributed by atoms with Gasteiger partial charge in [0, 0.05) is 45.8 Å². The molecular weight excluding hydrogens is 456 g/mol. The third-order valence-corrected chi connectivity index (χ3v) is 7.67. The first-order chi connectivity index (χ1) is 16.1. The van der Waals surface area contributed by atoms with Crippen LogP contribution in [0.25, 0.3) is 0 Å². The van der Waals surface area contributed by atoms with Crippen molar-refractivity contribution in [1.29, 1.82) is 0 Å². The van der Waals surface area contributed by atoms with Crippen LogP contribution in [-0.2, 0) is 21.2 Å². The van der Waals surface area contributed by atoms with E-state index in [-0.39, 0.29) is 23.3 Å². The van der Waals surface area contributed by atoms with Crippen LogP contribution in [0.2, 0.25) is 0 Å². The number of nitrogens with one attached hydrogen (secondary N) is 1. The maximum absolute atomic E-state index is 12.8. The first-order valence-electron chi connectivity index (χ1n) is 11.2. The molecule has 0 bridgehead atoms. The summed E-state index contributed by atoms with van der Waals surface area (Å²) in [6, 6.07) is 12.0. The topological polar surface area (TPSA) is 99.3 Å². The van der Waals surface area contributed by atoms with Crippen LogP contribution in [0.3, 0.4) is 0 Å². The summed E-state index contributed by atoms with van der Waals surface area (Å²) in [7, 11) is 0.699. The van der Waals surface area contributed by atoms with Crippen molar-refractivity contribution < 1.29 is 22.7 Å². The fraction of sp³-hybridized carbons (Fsp3) is 0.417. The lowest BCUT2D eigenvalue weighted by Crippen LogP contribution is -2.50. The molecule has 0 atom stereocenters. The zero-order valence-corrected chi connectivity index (χ0v) is 20.9. The number of carbonyl (C=O) groups excluding carboxylic acids is 2. The second-order valence-electron chi connectivity index (χ2n) is 8.32. The van der Waals surface area contributed by atoms with Gasteiger partial charge in [-0.3, -0.25) is 14.5 Å². The van der Waals surface area contributed by atoms with E-state index >= 15 is 0 Å². The second kappa shape index (κ2) is 11.0. The molecule has 1 aliphatic heterocycles. The van der Waals surface area contributed by atoms with Crippen LogP contribution in [0, 0.1) is 0 Å². The molecule has 0 aliphatic carbocycles. The molecule has 1 saturated heterocycles. The summed E-state index contributed by atoms with van der Waals surface area (Å²) in [5.74, 6) is 0.0820. The third-order valence-electron chi connectivity index (χ3n) is 5.86. The maximum atomic E-state index is 12.8. The first-order valence-corrected chi connectivity index (χ1v) is 12.6. The minimum Gasteiger partial charge on any atom is -0.495 e. The third kappa shape index (κ3) is 5.94. The lowest BCUT2D eigenvalue weighted by molar-refractivity contribution is -0.117. The standard InChI is InChI=1S/C24H32N4O5S/c1-5-18-6-8-19(9-7-18)24(30)28-14-12-27(13-15-28)17-23(29)25-21-16-20(10-11-22(21)33-4)34(31,32)26(2)3/h6-11,16H,5,12-15,17H2,1-4H3,(H,25,29). The van der Waals surface area contributed by atoms with Crippen molar-refractivity contribution in [1.82, 2.24) is 14.1 Å². The van der Waals surface area contributed by atoms with Gasteiger partial charge in [0.2, 0.25) is 15.9 Å². The molecule has 2 aromatic rings. The summed E-state index contributed by atoms with van der Waals surface area (Å²) in [4.78, 5) is 29.3. The van der Waals surface area contributed by atoms with E-state index in [2.05, 4.69) is 12.2 Å². The number of piperazine rings is 1. The summed E-state index contributed by atoms with van der Waals surface area (Å²) >= 11 is 0. The Balaban J connectivity index is 1.58. The Morgan fingerprint density at radius 1 is 1.03 bits per heavy atom. The van der Waals surface area contributed by atoms with Crippen molar-refractivity contribution in [3.63, 3.8) is 0 Å². The number of anilines is 1. The molecule has 10 heteroatoms. The molecule has 9 nitrogen and oxygen atoms in total. The predicted octanol–water partition coefficient (Wildman–Crippen LogP) is 1.90. The van der Waals surface area contributed by atoms with Gasteiger partial charge in [-0.1, -0.05) is 19.1 Å². The Kier molecular flexibility index (Phi) is 8.29. The van der Waals surface area contributed by atoms with E-state index in [1.165, 1.54) is 45.0 Å². The van der Waals surface area contributed by atoms with Gasteiger partial charge in [0.1, 0.15) is 5.75 Å². The SMILES string of the molecule is CCc1ccc(C(=O)N2CCN(CC(=O)Nc3cc(S(=O)(=O)N(C)C)ccc3OC)CC2)cc1. The zero-order valence-electron chi connectivity index (χ0n) is 20.1. The average Bonchev–Trinajstić information content (AvgIpc) is 2.84. The fourth-order valence-electron chi connectivity index (χ4n) is 3.72. The van der Waals surface area contributed by atoms with Gasteiger partial charge in [0.05, 0.1) is 24.2 Å². The monoisotopic (exact) mass is 488 g/mol. The first kappa shape index (κ1) is 25.7. The van der Waals surface area contributed by atoms with Gasteiger partial charge < -0.3 is 15.0 Å². The number of aryl methyl sites for hydroxylation is 1. The highest BCUT2D eigenvalue weighted by Gasteiger charge is 2.24. The molecule has 1 heterocycles. The number of rotatable bonds is 8. The molecule has 1 N–H and O–H groups in total. The van der Waals surface area contributed by atoms with Crippen LogP contribution in [0.5, 0.6) is 5.75 Å². The van der Waals surface area contributed by atoms with Crippen molar-refractivity contribution in [3.05, 3.63) is 53.6 Å². The molecule has 1 fully saturated rings. The highest BCUT2D eigenvalue weighted by molar-refractivity contribution is 7.89. The quantitative estimate of drug-likeness (QED) is 0.609. The van der Waals surface area contributed by atoms with E-state index in [0.29, 0.717) is 43.2 Å². The molecule has 2 amide bonds. The number of hydrogen-bond donors (Lipinski definition) is 1. The second-order valence-corrected chi connectivity index (χ2v) is 10.5. The molecule has 184 valence electrons. The van der Waals surface area contributed by atoms with Crippen LogP contribution < -0.4 is 10.1 Å². The van der Waals surface area contributed by atoms with Crippen LogP contribution in [0.15, 0.2) is 47.4 Å².